The molecule has 0 radical (unpaired) electrons. The van der Waals surface area contributed by atoms with Crippen molar-refractivity contribution >= 4 is 19.6 Å². The number of phosphoric acid groups is 1. The summed E-state index contributed by atoms with van der Waals surface area (Å²) in [4.78, 5) is 30.8. The standard InChI is InChI=1S/C6H14.C6H12.C5H10O2.C5H10O.C4H11O4P.C4H10O.2CH4/c2*1-3-5-6-4-2;1-3-5(6)7-4-2;1-3-5(6)4-2;1-3-7-9(5,6)8-4-2;1-3-5-4-2;;/h3-6H2,1-2H3;5-6H,3-4H2,1-2H3;3-4H2,1-2H3;3-4H2,1-2H3;3-4H2,1-2H3,(H,5,6);3-4H2,1-2H3;2*1H4/p-1. The maximum atomic E-state index is 10.4. The van der Waals surface area contributed by atoms with Crippen molar-refractivity contribution in [1.29, 1.82) is 0 Å². The second-order valence-electron chi connectivity index (χ2n) is 7.46. The third kappa shape index (κ3) is 92.7. The van der Waals surface area contributed by atoms with Gasteiger partial charge in [0.15, 0.2) is 0 Å². The van der Waals surface area contributed by atoms with E-state index >= 15 is 0 Å². The summed E-state index contributed by atoms with van der Waals surface area (Å²) in [6.07, 6.45) is 14.1. The van der Waals surface area contributed by atoms with Crippen LogP contribution in [0, 0.1) is 0 Å². The molecule has 0 amide bonds. The highest BCUT2D eigenvalue weighted by atomic mass is 31.2. The molecule has 41 heavy (non-hydrogen) atoms. The fraction of sp³-hybridized carbons (Fsp3) is 0.875. The van der Waals surface area contributed by atoms with E-state index in [2.05, 4.69) is 53.6 Å². The first-order chi connectivity index (χ1) is 18.5. The van der Waals surface area contributed by atoms with Crippen molar-refractivity contribution in [3.63, 3.8) is 0 Å². The largest absolute Gasteiger partial charge is 0.756 e. The van der Waals surface area contributed by atoms with Crippen molar-refractivity contribution < 1.29 is 37.6 Å². The van der Waals surface area contributed by atoms with E-state index < -0.39 is 7.82 Å². The van der Waals surface area contributed by atoms with Crippen LogP contribution in [0.1, 0.15) is 156 Å². The molecule has 9 heteroatoms. The number of rotatable bonds is 15. The minimum atomic E-state index is -3.94. The zero-order chi connectivity index (χ0) is 31.8. The van der Waals surface area contributed by atoms with Crippen LogP contribution in [0.4, 0.5) is 0 Å². The van der Waals surface area contributed by atoms with Gasteiger partial charge in [-0.2, -0.15) is 0 Å². The molecular formula is C32H74O8P-. The van der Waals surface area contributed by atoms with Gasteiger partial charge in [0.25, 0.3) is 7.82 Å². The van der Waals surface area contributed by atoms with E-state index in [1.54, 1.807) is 27.7 Å². The Bertz CT molecular complexity index is 484. The van der Waals surface area contributed by atoms with Crippen molar-refractivity contribution in [1.82, 2.24) is 0 Å². The van der Waals surface area contributed by atoms with Crippen LogP contribution in [0.2, 0.25) is 0 Å². The smallest absolute Gasteiger partial charge is 0.305 e. The third-order valence-electron chi connectivity index (χ3n) is 3.96. The van der Waals surface area contributed by atoms with E-state index in [1.165, 1.54) is 38.5 Å². The second kappa shape index (κ2) is 58.6. The average Bonchev–Trinajstić information content (AvgIpc) is 2.92. The molecule has 0 aliphatic rings. The topological polar surface area (TPSA) is 111 Å². The van der Waals surface area contributed by atoms with Gasteiger partial charge in [-0.05, 0) is 47.5 Å². The number of ether oxygens (including phenoxy) is 2. The van der Waals surface area contributed by atoms with Gasteiger partial charge in [0, 0.05) is 32.5 Å². The number of carbonyl (C=O) groups excluding carboxylic acids is 2. The Morgan fingerprint density at radius 1 is 0.610 bits per heavy atom. The van der Waals surface area contributed by atoms with Crippen LogP contribution in [0.5, 0.6) is 0 Å². The van der Waals surface area contributed by atoms with Gasteiger partial charge in [-0.25, -0.2) is 0 Å². The second-order valence-corrected chi connectivity index (χ2v) is 8.87. The lowest BCUT2D eigenvalue weighted by molar-refractivity contribution is -0.224. The average molecular weight is 618 g/mol. The van der Waals surface area contributed by atoms with Crippen molar-refractivity contribution in [2.45, 2.75) is 156 Å². The van der Waals surface area contributed by atoms with Gasteiger partial charge in [-0.3, -0.25) is 14.2 Å². The summed E-state index contributed by atoms with van der Waals surface area (Å²) in [5.74, 6) is 0.220. The first kappa shape index (κ1) is 59.4. The number of Topliss-reactive ketones (excluding diaryl/α,β-unsaturated/α-hetero) is 1. The number of phosphoric ester groups is 1. The first-order valence-corrected chi connectivity index (χ1v) is 16.4. The van der Waals surface area contributed by atoms with Gasteiger partial charge < -0.3 is 23.4 Å². The maximum Gasteiger partial charge on any atom is 0.305 e. The van der Waals surface area contributed by atoms with Gasteiger partial charge >= 0.3 is 5.97 Å². The number of hydrogen-bond donors (Lipinski definition) is 0. The molecular weight excluding hydrogens is 543 g/mol. The quantitative estimate of drug-likeness (QED) is 0.0772. The highest BCUT2D eigenvalue weighted by Gasteiger charge is 2.04. The van der Waals surface area contributed by atoms with Crippen LogP contribution in [0.25, 0.3) is 0 Å². The number of allylic oxidation sites excluding steroid dienone is 2. The Hall–Kier alpha value is -1.05. The number of carbonyl (C=O) groups is 2. The molecule has 0 aromatic rings. The lowest BCUT2D eigenvalue weighted by atomic mass is 10.2. The van der Waals surface area contributed by atoms with Crippen molar-refractivity contribution in [3.05, 3.63) is 12.2 Å². The zero-order valence-corrected chi connectivity index (χ0v) is 28.7. The molecule has 256 valence electrons. The summed E-state index contributed by atoms with van der Waals surface area (Å²) in [7, 11) is -3.94. The number of unbranched alkanes of at least 4 members (excludes halogenated alkanes) is 3. The minimum Gasteiger partial charge on any atom is -0.756 e. The molecule has 0 aliphatic carbocycles. The Kier molecular flexibility index (Phi) is 84.8. The minimum absolute atomic E-state index is 0. The van der Waals surface area contributed by atoms with Gasteiger partial charge in [0.1, 0.15) is 5.78 Å². The fourth-order valence-corrected chi connectivity index (χ4v) is 2.61. The Labute approximate surface area is 258 Å². The molecule has 0 aromatic carbocycles. The summed E-state index contributed by atoms with van der Waals surface area (Å²) in [6, 6.07) is 0. The lowest BCUT2D eigenvalue weighted by Gasteiger charge is -2.20. The molecule has 0 atom stereocenters. The lowest BCUT2D eigenvalue weighted by Crippen LogP contribution is -2.07. The fourth-order valence-electron chi connectivity index (χ4n) is 1.90. The highest BCUT2D eigenvalue weighted by Crippen LogP contribution is 2.37. The maximum absolute atomic E-state index is 10.4. The predicted molar refractivity (Wildman–Crippen MR) is 179 cm³/mol. The van der Waals surface area contributed by atoms with E-state index in [1.807, 2.05) is 27.7 Å². The summed E-state index contributed by atoms with van der Waals surface area (Å²) in [5, 5.41) is 0. The summed E-state index contributed by atoms with van der Waals surface area (Å²) >= 11 is 0. The van der Waals surface area contributed by atoms with E-state index in [0.717, 1.165) is 13.2 Å². The van der Waals surface area contributed by atoms with Gasteiger partial charge in [0.05, 0.1) is 19.8 Å². The normalized spacial score (nSPS) is 9.10. The van der Waals surface area contributed by atoms with E-state index in [9.17, 15) is 19.0 Å². The van der Waals surface area contributed by atoms with Gasteiger partial charge in [-0.15, -0.1) is 0 Å². The molecule has 0 saturated heterocycles. The molecule has 0 rings (SSSR count). The summed E-state index contributed by atoms with van der Waals surface area (Å²) in [6.45, 7) is 25.7. The molecule has 0 aromatic heterocycles. The molecule has 0 aliphatic heterocycles. The van der Waals surface area contributed by atoms with Crippen LogP contribution < -0.4 is 4.89 Å². The van der Waals surface area contributed by atoms with Crippen molar-refractivity contribution in [3.8, 4) is 0 Å². The number of esters is 1. The highest BCUT2D eigenvalue weighted by molar-refractivity contribution is 7.45. The Morgan fingerprint density at radius 3 is 1.10 bits per heavy atom. The molecule has 0 N–H and O–H groups in total. The monoisotopic (exact) mass is 618 g/mol. The number of hydrogen-bond acceptors (Lipinski definition) is 8. The molecule has 0 spiro atoms. The summed E-state index contributed by atoms with van der Waals surface area (Å²) < 4.78 is 28.3. The summed E-state index contributed by atoms with van der Waals surface area (Å²) in [5.41, 5.74) is 0. The Balaban J connectivity index is -0.0000000531. The van der Waals surface area contributed by atoms with E-state index in [4.69, 9.17) is 4.74 Å². The van der Waals surface area contributed by atoms with Crippen LogP contribution in [0.3, 0.4) is 0 Å². The van der Waals surface area contributed by atoms with Crippen LogP contribution in [-0.4, -0.2) is 44.8 Å². The van der Waals surface area contributed by atoms with Crippen molar-refractivity contribution in [2.24, 2.45) is 0 Å². The molecule has 0 saturated carbocycles. The van der Waals surface area contributed by atoms with Gasteiger partial charge in [-0.1, -0.05) is 101 Å². The third-order valence-corrected chi connectivity index (χ3v) is 5.11. The molecule has 0 heterocycles. The number of ketones is 1. The van der Waals surface area contributed by atoms with Crippen LogP contribution >= 0.6 is 7.82 Å². The van der Waals surface area contributed by atoms with Crippen LogP contribution in [-0.2, 0) is 32.7 Å². The van der Waals surface area contributed by atoms with E-state index in [0.29, 0.717) is 31.7 Å². The first-order valence-electron chi connectivity index (χ1n) is 15.0. The van der Waals surface area contributed by atoms with Gasteiger partial charge in [0.2, 0.25) is 0 Å². The zero-order valence-electron chi connectivity index (χ0n) is 27.8. The van der Waals surface area contributed by atoms with Crippen molar-refractivity contribution in [2.75, 3.05) is 33.0 Å². The molecule has 0 fully saturated rings. The molecule has 8 nitrogen and oxygen atoms in total. The SMILES string of the molecule is C.C.CCC(=O)CC.CCC=CCC.CCCCCC.CCOC(=O)CC.CCOCC.CCOP(=O)([O-])OCC. The predicted octanol–water partition coefficient (Wildman–Crippen LogP) is 10.1. The molecule has 0 bridgehead atoms. The van der Waals surface area contributed by atoms with Crippen LogP contribution in [0.15, 0.2) is 12.2 Å². The Morgan fingerprint density at radius 2 is 0.976 bits per heavy atom. The van der Waals surface area contributed by atoms with E-state index in [-0.39, 0.29) is 34.0 Å². The molecule has 0 unspecified atom stereocenters.